The molecule has 1 saturated heterocycles. The molecule has 5 rings (SSSR count). The minimum Gasteiger partial charge on any atom is -0.455 e. The SMILES string of the molecule is C=CC1(COCc2ccccc2)OC(n2cnc3c(=O)[nH]c(NC(=O)C(C)C)nc32)C(OC(C)=O)C1OCc1ccccc1. The number of hydrogen-bond acceptors (Lipinski definition) is 9. The van der Waals surface area contributed by atoms with E-state index < -0.39 is 35.6 Å². The highest BCUT2D eigenvalue weighted by Crippen LogP contribution is 2.43. The van der Waals surface area contributed by atoms with Gasteiger partial charge in [0.2, 0.25) is 11.9 Å². The predicted octanol–water partition coefficient (Wildman–Crippen LogP) is 3.90. The van der Waals surface area contributed by atoms with Crippen LogP contribution in [0.3, 0.4) is 0 Å². The van der Waals surface area contributed by atoms with Gasteiger partial charge in [0, 0.05) is 12.8 Å². The zero-order valence-electron chi connectivity index (χ0n) is 24.8. The number of carbonyl (C=O) groups is 2. The lowest BCUT2D eigenvalue weighted by molar-refractivity contribution is -0.158. The fraction of sp³-hybridized carbons (Fsp3) is 0.344. The molecule has 2 aromatic carbocycles. The quantitative estimate of drug-likeness (QED) is 0.182. The molecule has 230 valence electrons. The maximum atomic E-state index is 12.9. The normalized spacial score (nSPS) is 21.4. The summed E-state index contributed by atoms with van der Waals surface area (Å²) in [7, 11) is 0. The highest BCUT2D eigenvalue weighted by atomic mass is 16.6. The van der Waals surface area contributed by atoms with Crippen LogP contribution in [0.2, 0.25) is 0 Å². The van der Waals surface area contributed by atoms with Gasteiger partial charge in [0.25, 0.3) is 5.56 Å². The molecule has 0 bridgehead atoms. The minimum absolute atomic E-state index is 0.00938. The number of H-pyrrole nitrogens is 1. The standard InChI is InChI=1S/C32H35N5O7/c1-5-32(18-41-16-22-12-8-6-9-13-22)26(42-17-23-14-10-7-11-15-23)25(43-21(4)38)30(44-32)37-19-33-24-27(37)34-31(36-29(24)40)35-28(39)20(2)3/h5-15,19-20,25-26,30H,1,16-18H2,2-4H3,(H2,34,35,36,39,40). The molecule has 1 aliphatic rings. The molecule has 4 unspecified atom stereocenters. The minimum atomic E-state index is -1.29. The van der Waals surface area contributed by atoms with Crippen LogP contribution in [0.4, 0.5) is 5.95 Å². The molecule has 44 heavy (non-hydrogen) atoms. The molecular weight excluding hydrogens is 566 g/mol. The van der Waals surface area contributed by atoms with Crippen molar-refractivity contribution >= 4 is 29.0 Å². The second-order valence-corrected chi connectivity index (χ2v) is 10.8. The Kier molecular flexibility index (Phi) is 9.33. The summed E-state index contributed by atoms with van der Waals surface area (Å²) in [5.74, 6) is -1.30. The van der Waals surface area contributed by atoms with Gasteiger partial charge in [-0.25, -0.2) is 4.98 Å². The van der Waals surface area contributed by atoms with Crippen LogP contribution in [0.15, 0.2) is 84.4 Å². The molecule has 1 aliphatic heterocycles. The third-order valence-corrected chi connectivity index (χ3v) is 7.23. The number of aromatic amines is 1. The molecule has 12 nitrogen and oxygen atoms in total. The van der Waals surface area contributed by atoms with Crippen molar-refractivity contribution in [1.29, 1.82) is 0 Å². The summed E-state index contributed by atoms with van der Waals surface area (Å²) >= 11 is 0. The van der Waals surface area contributed by atoms with Crippen LogP contribution in [-0.4, -0.2) is 55.8 Å². The van der Waals surface area contributed by atoms with E-state index in [1.165, 1.54) is 17.8 Å². The summed E-state index contributed by atoms with van der Waals surface area (Å²) < 4.78 is 26.6. The fourth-order valence-corrected chi connectivity index (χ4v) is 4.98. The Hall–Kier alpha value is -4.65. The number of hydrogen-bond donors (Lipinski definition) is 2. The van der Waals surface area contributed by atoms with Crippen LogP contribution in [-0.2, 0) is 41.8 Å². The van der Waals surface area contributed by atoms with E-state index in [4.69, 9.17) is 18.9 Å². The topological polar surface area (TPSA) is 147 Å². The van der Waals surface area contributed by atoms with E-state index in [-0.39, 0.29) is 48.8 Å². The number of fused-ring (bicyclic) bond motifs is 1. The Balaban J connectivity index is 1.54. The van der Waals surface area contributed by atoms with Gasteiger partial charge in [-0.3, -0.25) is 29.3 Å². The van der Waals surface area contributed by atoms with Gasteiger partial charge < -0.3 is 18.9 Å². The molecule has 4 aromatic rings. The van der Waals surface area contributed by atoms with E-state index in [9.17, 15) is 14.4 Å². The van der Waals surface area contributed by atoms with Gasteiger partial charge in [-0.15, -0.1) is 6.58 Å². The van der Waals surface area contributed by atoms with E-state index in [0.29, 0.717) is 0 Å². The molecule has 1 amide bonds. The summed E-state index contributed by atoms with van der Waals surface area (Å²) in [6, 6.07) is 19.2. The molecule has 0 saturated carbocycles. The molecule has 3 heterocycles. The Morgan fingerprint density at radius 2 is 1.77 bits per heavy atom. The van der Waals surface area contributed by atoms with Crippen molar-refractivity contribution in [3.63, 3.8) is 0 Å². The van der Waals surface area contributed by atoms with Crippen molar-refractivity contribution in [3.05, 3.63) is 101 Å². The van der Waals surface area contributed by atoms with Crippen LogP contribution in [0.5, 0.6) is 0 Å². The first-order chi connectivity index (χ1) is 21.2. The van der Waals surface area contributed by atoms with Crippen LogP contribution in [0.1, 0.15) is 38.1 Å². The largest absolute Gasteiger partial charge is 0.455 e. The Labute approximate surface area is 254 Å². The third-order valence-electron chi connectivity index (χ3n) is 7.23. The second-order valence-electron chi connectivity index (χ2n) is 10.8. The van der Waals surface area contributed by atoms with Crippen LogP contribution in [0, 0.1) is 5.92 Å². The Morgan fingerprint density at radius 1 is 1.11 bits per heavy atom. The average molecular weight is 602 g/mol. The molecule has 0 aliphatic carbocycles. The van der Waals surface area contributed by atoms with Gasteiger partial charge in [-0.1, -0.05) is 80.6 Å². The van der Waals surface area contributed by atoms with E-state index in [2.05, 4.69) is 26.8 Å². The molecule has 2 aromatic heterocycles. The predicted molar refractivity (Wildman–Crippen MR) is 161 cm³/mol. The molecule has 2 N–H and O–H groups in total. The van der Waals surface area contributed by atoms with Gasteiger partial charge in [-0.05, 0) is 11.1 Å². The van der Waals surface area contributed by atoms with E-state index >= 15 is 0 Å². The number of imidazole rings is 1. The van der Waals surface area contributed by atoms with E-state index in [1.807, 2.05) is 60.7 Å². The molecule has 1 fully saturated rings. The van der Waals surface area contributed by atoms with E-state index in [1.54, 1.807) is 19.9 Å². The van der Waals surface area contributed by atoms with Gasteiger partial charge in [0.15, 0.2) is 23.5 Å². The summed E-state index contributed by atoms with van der Waals surface area (Å²) in [6.07, 6.45) is -0.00449. The van der Waals surface area contributed by atoms with Crippen molar-refractivity contribution in [2.75, 3.05) is 11.9 Å². The highest BCUT2D eigenvalue weighted by molar-refractivity contribution is 5.91. The lowest BCUT2D eigenvalue weighted by Gasteiger charge is -2.32. The van der Waals surface area contributed by atoms with Crippen LogP contribution in [0.25, 0.3) is 11.2 Å². The number of nitrogens with zero attached hydrogens (tertiary/aromatic N) is 3. The van der Waals surface area contributed by atoms with Gasteiger partial charge in [0.1, 0.15) is 11.7 Å². The first-order valence-electron chi connectivity index (χ1n) is 14.2. The van der Waals surface area contributed by atoms with Crippen molar-refractivity contribution in [2.24, 2.45) is 5.92 Å². The number of benzene rings is 2. The lowest BCUT2D eigenvalue weighted by Crippen LogP contribution is -2.48. The van der Waals surface area contributed by atoms with Gasteiger partial charge >= 0.3 is 5.97 Å². The zero-order chi connectivity index (χ0) is 31.3. The number of amides is 1. The molecule has 12 heteroatoms. The number of nitrogens with one attached hydrogen (secondary N) is 2. The summed E-state index contributed by atoms with van der Waals surface area (Å²) in [6.45, 7) is 9.26. The number of esters is 1. The second kappa shape index (κ2) is 13.3. The summed E-state index contributed by atoms with van der Waals surface area (Å²) in [5, 5.41) is 2.61. The fourth-order valence-electron chi connectivity index (χ4n) is 4.98. The number of ether oxygens (including phenoxy) is 4. The monoisotopic (exact) mass is 601 g/mol. The van der Waals surface area contributed by atoms with Crippen LogP contribution < -0.4 is 10.9 Å². The molecule has 0 spiro atoms. The Morgan fingerprint density at radius 3 is 2.39 bits per heavy atom. The number of carbonyl (C=O) groups excluding carboxylic acids is 2. The smallest absolute Gasteiger partial charge is 0.303 e. The zero-order valence-corrected chi connectivity index (χ0v) is 24.8. The number of rotatable bonds is 12. The van der Waals surface area contributed by atoms with Crippen molar-refractivity contribution in [3.8, 4) is 0 Å². The van der Waals surface area contributed by atoms with Gasteiger partial charge in [-0.2, -0.15) is 4.98 Å². The molecular formula is C32H35N5O7. The maximum absolute atomic E-state index is 12.9. The lowest BCUT2D eigenvalue weighted by atomic mass is 9.95. The molecule has 4 atom stereocenters. The van der Waals surface area contributed by atoms with Crippen LogP contribution >= 0.6 is 0 Å². The summed E-state index contributed by atoms with van der Waals surface area (Å²) in [4.78, 5) is 49.0. The van der Waals surface area contributed by atoms with Crippen molar-refractivity contribution in [2.45, 2.75) is 58.0 Å². The first-order valence-corrected chi connectivity index (χ1v) is 14.2. The summed E-state index contributed by atoms with van der Waals surface area (Å²) in [5.41, 5.74) is 0.124. The maximum Gasteiger partial charge on any atom is 0.303 e. The van der Waals surface area contributed by atoms with E-state index in [0.717, 1.165) is 11.1 Å². The average Bonchev–Trinajstić information content (AvgIpc) is 3.56. The third kappa shape index (κ3) is 6.62. The Bertz CT molecular complexity index is 1670. The highest BCUT2D eigenvalue weighted by Gasteiger charge is 2.57. The van der Waals surface area contributed by atoms with Gasteiger partial charge in [0.05, 0.1) is 26.1 Å². The number of anilines is 1. The first kappa shape index (κ1) is 30.8. The van der Waals surface area contributed by atoms with Crippen molar-refractivity contribution in [1.82, 2.24) is 19.5 Å². The molecule has 0 radical (unpaired) electrons. The number of aromatic nitrogens is 4. The van der Waals surface area contributed by atoms with Crippen molar-refractivity contribution < 1.29 is 28.5 Å².